The topological polar surface area (TPSA) is 48.8 Å². The molecule has 0 atom stereocenters. The second kappa shape index (κ2) is 3.88. The average molecular weight is 254 g/mol. The van der Waals surface area contributed by atoms with Gasteiger partial charge in [-0.3, -0.25) is 4.68 Å². The van der Waals surface area contributed by atoms with E-state index in [4.69, 9.17) is 5.73 Å². The number of aryl methyl sites for hydroxylation is 3. The van der Waals surface area contributed by atoms with E-state index in [1.165, 1.54) is 27.7 Å². The Hall–Kier alpha value is -2.23. The van der Waals surface area contributed by atoms with Gasteiger partial charge in [-0.15, -0.1) is 0 Å². The van der Waals surface area contributed by atoms with Crippen LogP contribution >= 0.6 is 0 Å². The van der Waals surface area contributed by atoms with E-state index in [-0.39, 0.29) is 0 Å². The number of benzene rings is 1. The van der Waals surface area contributed by atoms with E-state index >= 15 is 0 Å². The van der Waals surface area contributed by atoms with Crippen molar-refractivity contribution in [3.63, 3.8) is 0 Å². The quantitative estimate of drug-likeness (QED) is 0.726. The fraction of sp³-hybridized carbons (Fsp3) is 0.267. The number of nitrogens with zero attached hydrogens (tertiary/aromatic N) is 3. The van der Waals surface area contributed by atoms with E-state index < -0.39 is 0 Å². The van der Waals surface area contributed by atoms with Crippen LogP contribution in [-0.2, 0) is 14.1 Å². The summed E-state index contributed by atoms with van der Waals surface area (Å²) in [6, 6.07) is 6.51. The van der Waals surface area contributed by atoms with Gasteiger partial charge in [0, 0.05) is 36.3 Å². The van der Waals surface area contributed by atoms with Crippen LogP contribution in [0.1, 0.15) is 11.3 Å². The maximum atomic E-state index is 6.09. The van der Waals surface area contributed by atoms with Gasteiger partial charge in [-0.25, -0.2) is 0 Å². The van der Waals surface area contributed by atoms with E-state index in [2.05, 4.69) is 48.8 Å². The van der Waals surface area contributed by atoms with E-state index in [1.54, 1.807) is 6.20 Å². The van der Waals surface area contributed by atoms with E-state index in [0.29, 0.717) is 0 Å². The lowest BCUT2D eigenvalue weighted by atomic mass is 10.1. The Labute approximate surface area is 112 Å². The fourth-order valence-corrected chi connectivity index (χ4v) is 2.75. The molecule has 19 heavy (non-hydrogen) atoms. The molecule has 0 aliphatic rings. The van der Waals surface area contributed by atoms with Crippen LogP contribution in [0.2, 0.25) is 0 Å². The highest BCUT2D eigenvalue weighted by molar-refractivity contribution is 5.99. The molecule has 0 saturated carbocycles. The first-order valence-corrected chi connectivity index (χ1v) is 6.34. The third-order valence-electron chi connectivity index (χ3n) is 3.85. The summed E-state index contributed by atoms with van der Waals surface area (Å²) >= 11 is 0. The van der Waals surface area contributed by atoms with Crippen LogP contribution in [0, 0.1) is 13.8 Å². The van der Waals surface area contributed by atoms with Gasteiger partial charge in [0.1, 0.15) is 0 Å². The predicted molar refractivity (Wildman–Crippen MR) is 79.0 cm³/mol. The molecular weight excluding hydrogens is 236 g/mol. The van der Waals surface area contributed by atoms with Crippen LogP contribution in [-0.4, -0.2) is 14.3 Å². The van der Waals surface area contributed by atoms with Gasteiger partial charge in [-0.2, -0.15) is 5.10 Å². The molecule has 0 radical (unpaired) electrons. The number of aromatic nitrogens is 3. The van der Waals surface area contributed by atoms with Gasteiger partial charge in [-0.05, 0) is 26.0 Å². The highest BCUT2D eigenvalue weighted by Gasteiger charge is 2.18. The van der Waals surface area contributed by atoms with Gasteiger partial charge < -0.3 is 10.3 Å². The molecule has 2 aromatic heterocycles. The van der Waals surface area contributed by atoms with Crippen molar-refractivity contribution < 1.29 is 0 Å². The summed E-state index contributed by atoms with van der Waals surface area (Å²) < 4.78 is 4.05. The van der Waals surface area contributed by atoms with Gasteiger partial charge in [0.25, 0.3) is 0 Å². The molecule has 3 aromatic rings. The highest BCUT2D eigenvalue weighted by Crippen LogP contribution is 2.36. The predicted octanol–water partition coefficient (Wildman–Crippen LogP) is 2.78. The molecule has 0 aliphatic carbocycles. The van der Waals surface area contributed by atoms with Crippen LogP contribution in [0.5, 0.6) is 0 Å². The van der Waals surface area contributed by atoms with Crippen molar-refractivity contribution in [3.8, 4) is 11.3 Å². The van der Waals surface area contributed by atoms with Crippen molar-refractivity contribution in [2.24, 2.45) is 14.1 Å². The van der Waals surface area contributed by atoms with Crippen molar-refractivity contribution in [2.45, 2.75) is 13.8 Å². The summed E-state index contributed by atoms with van der Waals surface area (Å²) in [6.45, 7) is 4.23. The first-order valence-electron chi connectivity index (χ1n) is 6.34. The van der Waals surface area contributed by atoms with Crippen LogP contribution in [0.3, 0.4) is 0 Å². The zero-order valence-corrected chi connectivity index (χ0v) is 11.7. The Morgan fingerprint density at radius 2 is 1.89 bits per heavy atom. The van der Waals surface area contributed by atoms with E-state index in [9.17, 15) is 0 Å². The van der Waals surface area contributed by atoms with Gasteiger partial charge in [0.05, 0.1) is 17.6 Å². The van der Waals surface area contributed by atoms with Crippen LogP contribution < -0.4 is 5.73 Å². The third-order valence-corrected chi connectivity index (χ3v) is 3.85. The number of anilines is 1. The maximum Gasteiger partial charge on any atom is 0.0932 e. The first kappa shape index (κ1) is 11.8. The third kappa shape index (κ3) is 1.56. The van der Waals surface area contributed by atoms with E-state index in [1.807, 2.05) is 11.7 Å². The normalized spacial score (nSPS) is 11.4. The number of hydrogen-bond donors (Lipinski definition) is 1. The average Bonchev–Trinajstić information content (AvgIpc) is 2.80. The largest absolute Gasteiger partial charge is 0.396 e. The van der Waals surface area contributed by atoms with Crippen molar-refractivity contribution in [3.05, 3.63) is 35.7 Å². The minimum atomic E-state index is 0.722. The molecular formula is C15H18N4. The minimum absolute atomic E-state index is 0.722. The van der Waals surface area contributed by atoms with Crippen molar-refractivity contribution >= 4 is 16.6 Å². The summed E-state index contributed by atoms with van der Waals surface area (Å²) in [5.41, 5.74) is 12.7. The first-order chi connectivity index (χ1) is 9.00. The second-order valence-corrected chi connectivity index (χ2v) is 5.11. The number of hydrogen-bond acceptors (Lipinski definition) is 2. The molecule has 4 nitrogen and oxygen atoms in total. The Balaban J connectivity index is 2.47. The van der Waals surface area contributed by atoms with Crippen molar-refractivity contribution in [1.29, 1.82) is 0 Å². The molecule has 4 heteroatoms. The summed E-state index contributed by atoms with van der Waals surface area (Å²) in [4.78, 5) is 0. The molecule has 0 amide bonds. The minimum Gasteiger partial charge on any atom is -0.396 e. The number of nitrogens with two attached hydrogens (primary N) is 1. The van der Waals surface area contributed by atoms with Crippen molar-refractivity contribution in [1.82, 2.24) is 14.3 Å². The zero-order valence-electron chi connectivity index (χ0n) is 11.7. The van der Waals surface area contributed by atoms with Crippen LogP contribution in [0.15, 0.2) is 24.4 Å². The second-order valence-electron chi connectivity index (χ2n) is 5.11. The van der Waals surface area contributed by atoms with Gasteiger partial charge in [0.2, 0.25) is 0 Å². The standard InChI is InChI=1S/C15H18N4/c1-9-5-6-13-11(7-9)14(10(2)18(13)3)15-12(16)8-17-19(15)4/h5-8H,16H2,1-4H3. The summed E-state index contributed by atoms with van der Waals surface area (Å²) in [5, 5.41) is 5.49. The highest BCUT2D eigenvalue weighted by atomic mass is 15.3. The molecule has 2 N–H and O–H groups in total. The monoisotopic (exact) mass is 254 g/mol. The SMILES string of the molecule is Cc1ccc2c(c1)c(-c1c(N)cnn1C)c(C)n2C. The lowest BCUT2D eigenvalue weighted by Gasteiger charge is -2.05. The Morgan fingerprint density at radius 3 is 2.53 bits per heavy atom. The van der Waals surface area contributed by atoms with Gasteiger partial charge in [-0.1, -0.05) is 11.6 Å². The van der Waals surface area contributed by atoms with Crippen molar-refractivity contribution in [2.75, 3.05) is 5.73 Å². The molecule has 0 unspecified atom stereocenters. The van der Waals surface area contributed by atoms with E-state index in [0.717, 1.165) is 11.4 Å². The molecule has 0 spiro atoms. The Morgan fingerprint density at radius 1 is 1.16 bits per heavy atom. The Bertz CT molecular complexity index is 758. The number of nitrogen functional groups attached to an aromatic ring is 1. The molecule has 0 bridgehead atoms. The summed E-state index contributed by atoms with van der Waals surface area (Å²) in [6.07, 6.45) is 1.71. The maximum absolute atomic E-state index is 6.09. The van der Waals surface area contributed by atoms with Crippen LogP contribution in [0.4, 0.5) is 5.69 Å². The molecule has 2 heterocycles. The molecule has 0 aliphatic heterocycles. The molecule has 1 aromatic carbocycles. The molecule has 0 fully saturated rings. The molecule has 3 rings (SSSR count). The smallest absolute Gasteiger partial charge is 0.0932 e. The lowest BCUT2D eigenvalue weighted by Crippen LogP contribution is -1.98. The number of fused-ring (bicyclic) bond motifs is 1. The van der Waals surface area contributed by atoms with Gasteiger partial charge in [0.15, 0.2) is 0 Å². The van der Waals surface area contributed by atoms with Gasteiger partial charge >= 0.3 is 0 Å². The molecule has 98 valence electrons. The molecule has 0 saturated heterocycles. The summed E-state index contributed by atoms with van der Waals surface area (Å²) in [7, 11) is 4.02. The number of rotatable bonds is 1. The lowest BCUT2D eigenvalue weighted by molar-refractivity contribution is 0.775. The Kier molecular flexibility index (Phi) is 2.42. The fourth-order valence-electron chi connectivity index (χ4n) is 2.75. The summed E-state index contributed by atoms with van der Waals surface area (Å²) in [5.74, 6) is 0. The zero-order chi connectivity index (χ0) is 13.7. The van der Waals surface area contributed by atoms with Crippen LogP contribution in [0.25, 0.3) is 22.2 Å².